The highest BCUT2D eigenvalue weighted by Gasteiger charge is 2.46. The Morgan fingerprint density at radius 1 is 1.45 bits per heavy atom. The quantitative estimate of drug-likeness (QED) is 0.648. The normalized spacial score (nSPS) is 23.3. The summed E-state index contributed by atoms with van der Waals surface area (Å²) in [5.74, 6) is -0.117. The Labute approximate surface area is 133 Å². The molecule has 4 heteroatoms. The summed E-state index contributed by atoms with van der Waals surface area (Å²) in [4.78, 5) is 12.2. The van der Waals surface area contributed by atoms with Crippen molar-refractivity contribution >= 4 is 5.97 Å². The van der Waals surface area contributed by atoms with E-state index in [4.69, 9.17) is 10.5 Å². The van der Waals surface area contributed by atoms with Crippen LogP contribution < -0.4 is 11.1 Å². The van der Waals surface area contributed by atoms with Gasteiger partial charge in [-0.1, -0.05) is 42.8 Å². The van der Waals surface area contributed by atoms with Gasteiger partial charge in [0.2, 0.25) is 0 Å². The molecular formula is C18H28N2O2. The number of carbonyl (C=O) groups excluding carboxylic acids is 1. The molecule has 0 saturated heterocycles. The van der Waals surface area contributed by atoms with Crippen LogP contribution in [0.2, 0.25) is 0 Å². The van der Waals surface area contributed by atoms with Crippen LogP contribution in [-0.2, 0) is 16.1 Å². The SMILES string of the molecule is C=CCC1CCCC1(N)C(=O)OCc1ccccc1.CNC. The van der Waals surface area contributed by atoms with Crippen molar-refractivity contribution < 1.29 is 9.53 Å². The van der Waals surface area contributed by atoms with Gasteiger partial charge in [0.1, 0.15) is 12.1 Å². The van der Waals surface area contributed by atoms with E-state index < -0.39 is 5.54 Å². The highest BCUT2D eigenvalue weighted by molar-refractivity contribution is 5.81. The van der Waals surface area contributed by atoms with Gasteiger partial charge in [0.25, 0.3) is 0 Å². The van der Waals surface area contributed by atoms with E-state index in [1.54, 1.807) is 0 Å². The zero-order valence-corrected chi connectivity index (χ0v) is 13.7. The predicted molar refractivity (Wildman–Crippen MR) is 90.3 cm³/mol. The van der Waals surface area contributed by atoms with Gasteiger partial charge in [-0.15, -0.1) is 6.58 Å². The number of rotatable bonds is 5. The van der Waals surface area contributed by atoms with E-state index in [9.17, 15) is 4.79 Å². The van der Waals surface area contributed by atoms with Gasteiger partial charge in [0, 0.05) is 0 Å². The summed E-state index contributed by atoms with van der Waals surface area (Å²) in [5, 5.41) is 2.75. The molecule has 2 rings (SSSR count). The number of hydrogen-bond donors (Lipinski definition) is 2. The van der Waals surface area contributed by atoms with E-state index in [0.29, 0.717) is 13.0 Å². The third-order valence-electron chi connectivity index (χ3n) is 3.92. The van der Waals surface area contributed by atoms with Crippen LogP contribution >= 0.6 is 0 Å². The Bertz CT molecular complexity index is 461. The number of esters is 1. The van der Waals surface area contributed by atoms with Crippen LogP contribution in [0.25, 0.3) is 0 Å². The van der Waals surface area contributed by atoms with Crippen molar-refractivity contribution in [2.45, 2.75) is 37.8 Å². The summed E-state index contributed by atoms with van der Waals surface area (Å²) >= 11 is 0. The maximum atomic E-state index is 12.2. The van der Waals surface area contributed by atoms with Crippen molar-refractivity contribution in [3.05, 3.63) is 48.6 Å². The fraction of sp³-hybridized carbons (Fsp3) is 0.500. The Morgan fingerprint density at radius 2 is 2.09 bits per heavy atom. The summed E-state index contributed by atoms with van der Waals surface area (Å²) in [6.45, 7) is 4.03. The average molecular weight is 304 g/mol. The fourth-order valence-electron chi connectivity index (χ4n) is 2.76. The minimum absolute atomic E-state index is 0.160. The lowest BCUT2D eigenvalue weighted by Gasteiger charge is -2.28. The molecule has 122 valence electrons. The Hall–Kier alpha value is -1.65. The molecule has 2 atom stereocenters. The third kappa shape index (κ3) is 4.97. The lowest BCUT2D eigenvalue weighted by Crippen LogP contribution is -2.51. The molecule has 1 saturated carbocycles. The van der Waals surface area contributed by atoms with Gasteiger partial charge in [0.15, 0.2) is 0 Å². The predicted octanol–water partition coefficient (Wildman–Crippen LogP) is 2.64. The summed E-state index contributed by atoms with van der Waals surface area (Å²) in [5.41, 5.74) is 6.43. The third-order valence-corrected chi connectivity index (χ3v) is 3.92. The molecule has 1 aromatic carbocycles. The summed E-state index contributed by atoms with van der Waals surface area (Å²) < 4.78 is 5.39. The molecule has 22 heavy (non-hydrogen) atoms. The van der Waals surface area contributed by atoms with Crippen molar-refractivity contribution in [2.24, 2.45) is 11.7 Å². The largest absolute Gasteiger partial charge is 0.459 e. The summed E-state index contributed by atoms with van der Waals surface area (Å²) in [7, 11) is 3.75. The van der Waals surface area contributed by atoms with Crippen LogP contribution in [0.1, 0.15) is 31.2 Å². The van der Waals surface area contributed by atoms with Gasteiger partial charge in [-0.2, -0.15) is 0 Å². The number of ether oxygens (including phenoxy) is 1. The Kier molecular flexibility index (Phi) is 7.85. The molecule has 0 aliphatic heterocycles. The van der Waals surface area contributed by atoms with Crippen molar-refractivity contribution in [1.29, 1.82) is 0 Å². The highest BCUT2D eigenvalue weighted by Crippen LogP contribution is 2.37. The second-order valence-electron chi connectivity index (χ2n) is 5.72. The van der Waals surface area contributed by atoms with E-state index in [1.807, 2.05) is 50.5 Å². The van der Waals surface area contributed by atoms with E-state index >= 15 is 0 Å². The van der Waals surface area contributed by atoms with Crippen molar-refractivity contribution in [2.75, 3.05) is 14.1 Å². The standard InChI is InChI=1S/C16H21NO2.C2H7N/c1-2-7-14-10-6-11-16(14,17)15(18)19-12-13-8-4-3-5-9-13;1-3-2/h2-5,8-9,14H,1,6-7,10-12,17H2;3H,1-2H3. The van der Waals surface area contributed by atoms with Crippen molar-refractivity contribution in [1.82, 2.24) is 5.32 Å². The lowest BCUT2D eigenvalue weighted by molar-refractivity contribution is -0.153. The van der Waals surface area contributed by atoms with Gasteiger partial charge in [0.05, 0.1) is 0 Å². The summed E-state index contributed by atoms with van der Waals surface area (Å²) in [6.07, 6.45) is 5.27. The Balaban J connectivity index is 0.000000745. The molecule has 0 heterocycles. The van der Waals surface area contributed by atoms with Crippen LogP contribution in [0.4, 0.5) is 0 Å². The molecule has 0 radical (unpaired) electrons. The van der Waals surface area contributed by atoms with Crippen LogP contribution in [-0.4, -0.2) is 25.6 Å². The number of nitrogens with one attached hydrogen (secondary N) is 1. The summed E-state index contributed by atoms with van der Waals surface area (Å²) in [6, 6.07) is 9.67. The first-order chi connectivity index (χ1) is 10.6. The molecule has 0 aromatic heterocycles. The number of benzene rings is 1. The molecule has 2 unspecified atom stereocenters. The molecule has 0 bridgehead atoms. The molecule has 1 aromatic rings. The maximum absolute atomic E-state index is 12.2. The highest BCUT2D eigenvalue weighted by atomic mass is 16.5. The number of hydrogen-bond acceptors (Lipinski definition) is 4. The fourth-order valence-corrected chi connectivity index (χ4v) is 2.76. The number of carbonyl (C=O) groups is 1. The maximum Gasteiger partial charge on any atom is 0.326 e. The molecule has 1 aliphatic rings. The van der Waals surface area contributed by atoms with Gasteiger partial charge in [-0.25, -0.2) is 0 Å². The minimum Gasteiger partial charge on any atom is -0.459 e. The van der Waals surface area contributed by atoms with E-state index in [1.165, 1.54) is 0 Å². The molecule has 4 nitrogen and oxygen atoms in total. The van der Waals surface area contributed by atoms with Crippen LogP contribution in [0, 0.1) is 5.92 Å². The zero-order chi connectivity index (χ0) is 16.4. The molecule has 0 amide bonds. The molecular weight excluding hydrogens is 276 g/mol. The topological polar surface area (TPSA) is 64.4 Å². The molecule has 1 aliphatic carbocycles. The molecule has 3 N–H and O–H groups in total. The van der Waals surface area contributed by atoms with Gasteiger partial charge in [-0.05, 0) is 44.8 Å². The van der Waals surface area contributed by atoms with Crippen LogP contribution in [0.3, 0.4) is 0 Å². The lowest BCUT2D eigenvalue weighted by atomic mass is 9.86. The number of allylic oxidation sites excluding steroid dienone is 1. The number of nitrogens with two attached hydrogens (primary N) is 1. The monoisotopic (exact) mass is 304 g/mol. The first kappa shape index (κ1) is 18.4. The molecule has 0 spiro atoms. The first-order valence-electron chi connectivity index (χ1n) is 7.78. The van der Waals surface area contributed by atoms with E-state index in [2.05, 4.69) is 11.9 Å². The van der Waals surface area contributed by atoms with E-state index in [-0.39, 0.29) is 11.9 Å². The van der Waals surface area contributed by atoms with Gasteiger partial charge in [-0.3, -0.25) is 4.79 Å². The van der Waals surface area contributed by atoms with Crippen LogP contribution in [0.5, 0.6) is 0 Å². The Morgan fingerprint density at radius 3 is 2.68 bits per heavy atom. The molecule has 1 fully saturated rings. The van der Waals surface area contributed by atoms with Crippen LogP contribution in [0.15, 0.2) is 43.0 Å². The minimum atomic E-state index is -0.830. The second kappa shape index (κ2) is 9.38. The average Bonchev–Trinajstić information content (AvgIpc) is 2.90. The van der Waals surface area contributed by atoms with E-state index in [0.717, 1.165) is 24.8 Å². The van der Waals surface area contributed by atoms with Gasteiger partial charge >= 0.3 is 5.97 Å². The second-order valence-corrected chi connectivity index (χ2v) is 5.72. The van der Waals surface area contributed by atoms with Crippen molar-refractivity contribution in [3.63, 3.8) is 0 Å². The zero-order valence-electron chi connectivity index (χ0n) is 13.7. The first-order valence-corrected chi connectivity index (χ1v) is 7.78. The van der Waals surface area contributed by atoms with Crippen molar-refractivity contribution in [3.8, 4) is 0 Å². The smallest absolute Gasteiger partial charge is 0.326 e. The van der Waals surface area contributed by atoms with Gasteiger partial charge < -0.3 is 15.8 Å².